The number of hydrogen-bond acceptors (Lipinski definition) is 5. The minimum atomic E-state index is -0.621. The molecule has 1 atom stereocenters. The number of carbonyl (C=O) groups excluding carboxylic acids is 3. The quantitative estimate of drug-likeness (QED) is 0.377. The largest absolute Gasteiger partial charge is 0.328 e. The van der Waals surface area contributed by atoms with Gasteiger partial charge < -0.3 is 9.47 Å². The third-order valence-corrected chi connectivity index (χ3v) is 8.43. The fourth-order valence-corrected chi connectivity index (χ4v) is 6.33. The van der Waals surface area contributed by atoms with Crippen molar-refractivity contribution in [1.82, 2.24) is 24.7 Å². The number of benzene rings is 2. The Balaban J connectivity index is 1.25. The van der Waals surface area contributed by atoms with Crippen molar-refractivity contribution >= 4 is 28.8 Å². The number of rotatable bonds is 6. The van der Waals surface area contributed by atoms with Crippen molar-refractivity contribution in [1.29, 1.82) is 0 Å². The summed E-state index contributed by atoms with van der Waals surface area (Å²) in [7, 11) is 0. The summed E-state index contributed by atoms with van der Waals surface area (Å²) in [6, 6.07) is 20.0. The lowest BCUT2D eigenvalue weighted by Gasteiger charge is -2.29. The van der Waals surface area contributed by atoms with Crippen LogP contribution in [0.3, 0.4) is 0 Å². The van der Waals surface area contributed by atoms with E-state index in [0.717, 1.165) is 48.6 Å². The molecule has 0 aliphatic carbocycles. The van der Waals surface area contributed by atoms with Gasteiger partial charge in [-0.1, -0.05) is 36.4 Å². The molecule has 0 spiro atoms. The molecule has 0 bridgehead atoms. The Bertz CT molecular complexity index is 1640. The summed E-state index contributed by atoms with van der Waals surface area (Å²) in [6.07, 6.45) is 5.19. The second-order valence-electron chi connectivity index (χ2n) is 11.1. The maximum absolute atomic E-state index is 13.2. The number of nitrogens with one attached hydrogen (secondary N) is 1. The van der Waals surface area contributed by atoms with Gasteiger partial charge in [0.1, 0.15) is 11.7 Å². The summed E-state index contributed by atoms with van der Waals surface area (Å²) in [5.41, 5.74) is 6.76. The first kappa shape index (κ1) is 24.7. The van der Waals surface area contributed by atoms with E-state index in [9.17, 15) is 14.4 Å². The van der Waals surface area contributed by atoms with Crippen LogP contribution in [0.2, 0.25) is 0 Å². The molecule has 3 aliphatic heterocycles. The highest BCUT2D eigenvalue weighted by Gasteiger charge is 2.39. The van der Waals surface area contributed by atoms with Gasteiger partial charge >= 0.3 is 0 Å². The summed E-state index contributed by atoms with van der Waals surface area (Å²) in [4.78, 5) is 46.6. The van der Waals surface area contributed by atoms with Gasteiger partial charge in [0.2, 0.25) is 11.8 Å². The molecule has 5 heterocycles. The first-order chi connectivity index (χ1) is 19.5. The van der Waals surface area contributed by atoms with Crippen molar-refractivity contribution in [3.05, 3.63) is 89.1 Å². The van der Waals surface area contributed by atoms with E-state index < -0.39 is 11.9 Å². The maximum Gasteiger partial charge on any atom is 0.255 e. The van der Waals surface area contributed by atoms with Gasteiger partial charge in [-0.05, 0) is 73.3 Å². The van der Waals surface area contributed by atoms with Crippen LogP contribution in [0.15, 0.2) is 66.9 Å². The fourth-order valence-electron chi connectivity index (χ4n) is 6.33. The van der Waals surface area contributed by atoms with Crippen molar-refractivity contribution in [3.63, 3.8) is 0 Å². The van der Waals surface area contributed by atoms with E-state index in [4.69, 9.17) is 4.98 Å². The SMILES string of the molecule is O=C1CCC(N2Cc3cc(-c4cc(CN5CCCC5)c5ccn(Cc6ccccc6)c5n4)ccc3C2=O)C(=O)N1. The number of imide groups is 1. The number of piperidine rings is 1. The molecule has 40 heavy (non-hydrogen) atoms. The Labute approximate surface area is 232 Å². The molecule has 4 aromatic rings. The lowest BCUT2D eigenvalue weighted by Crippen LogP contribution is -2.52. The molecule has 7 rings (SSSR count). The molecule has 0 radical (unpaired) electrons. The van der Waals surface area contributed by atoms with Crippen molar-refractivity contribution < 1.29 is 14.4 Å². The van der Waals surface area contributed by atoms with E-state index in [-0.39, 0.29) is 18.2 Å². The van der Waals surface area contributed by atoms with Gasteiger partial charge in [-0.15, -0.1) is 0 Å². The highest BCUT2D eigenvalue weighted by atomic mass is 16.2. The topological polar surface area (TPSA) is 87.5 Å². The van der Waals surface area contributed by atoms with E-state index in [2.05, 4.69) is 57.4 Å². The monoisotopic (exact) mass is 533 g/mol. The molecule has 3 aliphatic rings. The standard InChI is InChI=1S/C32H31N5O3/c38-29-11-10-28(31(39)34-29)37-20-23-16-22(8-9-26(23)32(37)40)27-17-24(19-35-13-4-5-14-35)25-12-15-36(30(25)33-27)18-21-6-2-1-3-7-21/h1-3,6-9,12,15-17,28H,4-5,10-11,13-14,18-20H2,(H,34,38,39). The molecule has 0 saturated carbocycles. The molecule has 2 aromatic carbocycles. The van der Waals surface area contributed by atoms with Gasteiger partial charge in [-0.25, -0.2) is 4.98 Å². The molecule has 8 heteroatoms. The minimum Gasteiger partial charge on any atom is -0.328 e. The Morgan fingerprint density at radius 3 is 2.55 bits per heavy atom. The third kappa shape index (κ3) is 4.48. The van der Waals surface area contributed by atoms with Gasteiger partial charge in [0.05, 0.1) is 5.69 Å². The number of nitrogens with zero attached hydrogens (tertiary/aromatic N) is 4. The molecular weight excluding hydrogens is 502 g/mol. The Morgan fingerprint density at radius 2 is 1.75 bits per heavy atom. The van der Waals surface area contributed by atoms with Crippen molar-refractivity contribution in [2.24, 2.45) is 0 Å². The Kier molecular flexibility index (Phi) is 6.20. The molecule has 1 N–H and O–H groups in total. The lowest BCUT2D eigenvalue weighted by molar-refractivity contribution is -0.136. The third-order valence-electron chi connectivity index (χ3n) is 8.43. The Morgan fingerprint density at radius 1 is 0.925 bits per heavy atom. The van der Waals surface area contributed by atoms with Gasteiger partial charge in [0.15, 0.2) is 0 Å². The zero-order chi connectivity index (χ0) is 27.2. The van der Waals surface area contributed by atoms with Crippen molar-refractivity contribution in [2.45, 2.75) is 51.4 Å². The summed E-state index contributed by atoms with van der Waals surface area (Å²) >= 11 is 0. The predicted octanol–water partition coefficient (Wildman–Crippen LogP) is 4.11. The van der Waals surface area contributed by atoms with Gasteiger partial charge in [-0.3, -0.25) is 24.6 Å². The number of amides is 3. The number of carbonyl (C=O) groups is 3. The average molecular weight is 534 g/mol. The lowest BCUT2D eigenvalue weighted by atomic mass is 10.0. The van der Waals surface area contributed by atoms with Gasteiger partial charge in [-0.2, -0.15) is 0 Å². The number of aromatic nitrogens is 2. The highest BCUT2D eigenvalue weighted by Crippen LogP contribution is 2.33. The predicted molar refractivity (Wildman–Crippen MR) is 151 cm³/mol. The number of fused-ring (bicyclic) bond motifs is 2. The van der Waals surface area contributed by atoms with Crippen LogP contribution in [-0.2, 0) is 29.2 Å². The molecular formula is C32H31N5O3. The second-order valence-corrected chi connectivity index (χ2v) is 11.1. The van der Waals surface area contributed by atoms with Crippen LogP contribution in [0.25, 0.3) is 22.3 Å². The first-order valence-corrected chi connectivity index (χ1v) is 14.1. The maximum atomic E-state index is 13.2. The van der Waals surface area contributed by atoms with E-state index in [1.54, 1.807) is 4.90 Å². The van der Waals surface area contributed by atoms with Crippen molar-refractivity contribution in [3.8, 4) is 11.3 Å². The highest BCUT2D eigenvalue weighted by molar-refractivity contribution is 6.05. The summed E-state index contributed by atoms with van der Waals surface area (Å²) < 4.78 is 2.21. The summed E-state index contributed by atoms with van der Waals surface area (Å²) in [5, 5.41) is 3.55. The fraction of sp³-hybridized carbons (Fsp3) is 0.312. The molecule has 8 nitrogen and oxygen atoms in total. The molecule has 2 fully saturated rings. The average Bonchev–Trinajstić information content (AvgIpc) is 3.69. The summed E-state index contributed by atoms with van der Waals surface area (Å²) in [6.45, 7) is 4.20. The zero-order valence-corrected chi connectivity index (χ0v) is 22.3. The molecule has 1 unspecified atom stereocenters. The van der Waals surface area contributed by atoms with E-state index >= 15 is 0 Å². The summed E-state index contributed by atoms with van der Waals surface area (Å²) in [5.74, 6) is -0.836. The Hall–Kier alpha value is -4.30. The molecule has 2 aromatic heterocycles. The van der Waals surface area contributed by atoms with Crippen LogP contribution in [-0.4, -0.2) is 56.2 Å². The molecule has 2 saturated heterocycles. The minimum absolute atomic E-state index is 0.161. The number of hydrogen-bond donors (Lipinski definition) is 1. The van der Waals surface area contributed by atoms with Crippen LogP contribution >= 0.6 is 0 Å². The normalized spacial score (nSPS) is 19.4. The van der Waals surface area contributed by atoms with Gasteiger partial charge in [0.25, 0.3) is 5.91 Å². The second kappa shape index (κ2) is 10.0. The van der Waals surface area contributed by atoms with Crippen LogP contribution in [0.5, 0.6) is 0 Å². The van der Waals surface area contributed by atoms with Gasteiger partial charge in [0, 0.05) is 48.8 Å². The van der Waals surface area contributed by atoms with Crippen LogP contribution < -0.4 is 5.32 Å². The van der Waals surface area contributed by atoms with E-state index in [0.29, 0.717) is 18.5 Å². The first-order valence-electron chi connectivity index (χ1n) is 14.1. The number of pyridine rings is 1. The number of likely N-dealkylation sites (tertiary alicyclic amines) is 1. The van der Waals surface area contributed by atoms with Crippen LogP contribution in [0.1, 0.15) is 52.7 Å². The molecule has 202 valence electrons. The van der Waals surface area contributed by atoms with E-state index in [1.165, 1.54) is 29.4 Å². The molecule has 3 amide bonds. The smallest absolute Gasteiger partial charge is 0.255 e. The zero-order valence-electron chi connectivity index (χ0n) is 22.3. The van der Waals surface area contributed by atoms with Crippen LogP contribution in [0, 0.1) is 0 Å². The van der Waals surface area contributed by atoms with Crippen molar-refractivity contribution in [2.75, 3.05) is 13.1 Å². The van der Waals surface area contributed by atoms with E-state index in [1.807, 2.05) is 24.3 Å². The van der Waals surface area contributed by atoms with Crippen LogP contribution in [0.4, 0.5) is 0 Å².